The number of thiazole rings is 1. The van der Waals surface area contributed by atoms with Crippen LogP contribution in [0.5, 0.6) is 5.75 Å². The number of benzene rings is 2. The molecule has 2 bridgehead atoms. The lowest BCUT2D eigenvalue weighted by Crippen LogP contribution is -2.61. The first kappa shape index (κ1) is 27.4. The smallest absolute Gasteiger partial charge is 0.255 e. The van der Waals surface area contributed by atoms with Gasteiger partial charge in [-0.2, -0.15) is 0 Å². The highest BCUT2D eigenvalue weighted by Crippen LogP contribution is 2.44. The number of hydrogen-bond acceptors (Lipinski definition) is 6. The van der Waals surface area contributed by atoms with Gasteiger partial charge in [0.25, 0.3) is 5.91 Å². The number of piperidine rings is 1. The van der Waals surface area contributed by atoms with Gasteiger partial charge in [-0.3, -0.25) is 14.4 Å². The van der Waals surface area contributed by atoms with Crippen LogP contribution in [-0.2, 0) is 9.59 Å². The highest BCUT2D eigenvalue weighted by Gasteiger charge is 2.52. The Morgan fingerprint density at radius 1 is 1.25 bits per heavy atom. The molecule has 40 heavy (non-hydrogen) atoms. The Bertz CT molecular complexity index is 1580. The average molecular weight is 575 g/mol. The number of nitrogens with one attached hydrogen (secondary N) is 3. The van der Waals surface area contributed by atoms with E-state index in [1.165, 1.54) is 18.4 Å². The van der Waals surface area contributed by atoms with Crippen molar-refractivity contribution >= 4 is 51.5 Å². The number of halogens is 1. The summed E-state index contributed by atoms with van der Waals surface area (Å²) in [6, 6.07) is 11.7. The first-order valence-corrected chi connectivity index (χ1v) is 13.8. The second-order valence-electron chi connectivity index (χ2n) is 9.80. The Morgan fingerprint density at radius 3 is 2.80 bits per heavy atom. The van der Waals surface area contributed by atoms with Crippen LogP contribution in [0.25, 0.3) is 11.3 Å². The van der Waals surface area contributed by atoms with E-state index in [2.05, 4.69) is 27.5 Å². The second-order valence-corrected chi connectivity index (χ2v) is 11.1. The van der Waals surface area contributed by atoms with Crippen LogP contribution in [0, 0.1) is 11.3 Å². The van der Waals surface area contributed by atoms with Crippen LogP contribution in [0.15, 0.2) is 84.3 Å². The zero-order valence-corrected chi connectivity index (χ0v) is 23.4. The molecule has 1 aliphatic carbocycles. The third-order valence-corrected chi connectivity index (χ3v) is 8.24. The van der Waals surface area contributed by atoms with Gasteiger partial charge in [0.2, 0.25) is 11.8 Å². The van der Waals surface area contributed by atoms with Crippen molar-refractivity contribution in [2.45, 2.75) is 19.4 Å². The Kier molecular flexibility index (Phi) is 7.60. The fourth-order valence-corrected chi connectivity index (χ4v) is 5.89. The van der Waals surface area contributed by atoms with E-state index in [1.54, 1.807) is 48.6 Å². The maximum absolute atomic E-state index is 13.4. The normalized spacial score (nSPS) is 21.5. The Morgan fingerprint density at radius 2 is 2.08 bits per heavy atom. The van der Waals surface area contributed by atoms with Crippen LogP contribution in [0.1, 0.15) is 23.7 Å². The fraction of sp³-hybridized carbons (Fsp3) is 0.200. The van der Waals surface area contributed by atoms with E-state index in [0.717, 1.165) is 11.1 Å². The largest absolute Gasteiger partial charge is 0.495 e. The van der Waals surface area contributed by atoms with Gasteiger partial charge in [-0.25, -0.2) is 4.98 Å². The number of carbonyl (C=O) groups excluding carboxylic acids is 3. The number of allylic oxidation sites excluding steroid dienone is 3. The molecule has 3 N–H and O–H groups in total. The van der Waals surface area contributed by atoms with Crippen molar-refractivity contribution in [3.05, 3.63) is 94.9 Å². The average Bonchev–Trinajstić information content (AvgIpc) is 3.41. The predicted octanol–water partition coefficient (Wildman–Crippen LogP) is 5.86. The number of rotatable bonds is 8. The molecular formula is C30H27ClN4O4S. The van der Waals surface area contributed by atoms with E-state index in [1.807, 2.05) is 30.5 Å². The van der Waals surface area contributed by atoms with Crippen LogP contribution in [0.3, 0.4) is 0 Å². The first-order chi connectivity index (χ1) is 19.2. The van der Waals surface area contributed by atoms with Crippen LogP contribution in [-0.4, -0.2) is 35.9 Å². The molecular weight excluding hydrogens is 548 g/mol. The molecule has 1 aromatic heterocycles. The Balaban J connectivity index is 1.28. The molecule has 3 unspecified atom stereocenters. The van der Waals surface area contributed by atoms with Crippen LogP contribution < -0.4 is 20.7 Å². The van der Waals surface area contributed by atoms with E-state index in [-0.39, 0.29) is 17.7 Å². The zero-order chi connectivity index (χ0) is 28.4. The van der Waals surface area contributed by atoms with Crippen molar-refractivity contribution in [3.63, 3.8) is 0 Å². The maximum Gasteiger partial charge on any atom is 0.255 e. The summed E-state index contributed by atoms with van der Waals surface area (Å²) in [7, 11) is 1.52. The van der Waals surface area contributed by atoms with E-state index < -0.39 is 17.4 Å². The Hall–Kier alpha value is -4.21. The molecule has 1 fully saturated rings. The zero-order valence-electron chi connectivity index (χ0n) is 21.9. The first-order valence-electron chi connectivity index (χ1n) is 12.6. The van der Waals surface area contributed by atoms with Crippen LogP contribution in [0.4, 0.5) is 10.8 Å². The Labute approximate surface area is 240 Å². The van der Waals surface area contributed by atoms with Crippen molar-refractivity contribution in [2.75, 3.05) is 17.7 Å². The van der Waals surface area contributed by atoms with Crippen LogP contribution in [0.2, 0.25) is 5.02 Å². The monoisotopic (exact) mass is 574 g/mol. The van der Waals surface area contributed by atoms with Gasteiger partial charge in [0.15, 0.2) is 5.13 Å². The van der Waals surface area contributed by atoms with Crippen molar-refractivity contribution in [1.29, 1.82) is 0 Å². The van der Waals surface area contributed by atoms with Crippen molar-refractivity contribution in [1.82, 2.24) is 10.3 Å². The molecule has 0 spiro atoms. The summed E-state index contributed by atoms with van der Waals surface area (Å²) >= 11 is 7.46. The van der Waals surface area contributed by atoms with Crippen molar-refractivity contribution in [2.24, 2.45) is 11.3 Å². The molecule has 0 saturated carbocycles. The minimum Gasteiger partial charge on any atom is -0.495 e. The molecule has 8 nitrogen and oxygen atoms in total. The van der Waals surface area contributed by atoms with E-state index in [4.69, 9.17) is 16.3 Å². The fourth-order valence-electron chi connectivity index (χ4n) is 4.92. The summed E-state index contributed by atoms with van der Waals surface area (Å²) < 4.78 is 5.15. The number of anilines is 2. The summed E-state index contributed by atoms with van der Waals surface area (Å²) in [6.45, 7) is 5.54. The number of carbonyl (C=O) groups is 3. The lowest BCUT2D eigenvalue weighted by Gasteiger charge is -2.46. The summed E-state index contributed by atoms with van der Waals surface area (Å²) in [6.07, 6.45) is 7.67. The molecule has 1 saturated heterocycles. The lowest BCUT2D eigenvalue weighted by molar-refractivity contribution is -0.136. The second kappa shape index (κ2) is 11.1. The van der Waals surface area contributed by atoms with Crippen molar-refractivity contribution < 1.29 is 19.1 Å². The van der Waals surface area contributed by atoms with Gasteiger partial charge >= 0.3 is 0 Å². The summed E-state index contributed by atoms with van der Waals surface area (Å²) in [5.74, 6) is -0.462. The molecule has 3 amide bonds. The molecule has 204 valence electrons. The van der Waals surface area contributed by atoms with E-state index >= 15 is 0 Å². The minimum absolute atomic E-state index is 0.0722. The number of methoxy groups -OCH3 is 1. The molecule has 10 heteroatoms. The number of ether oxygens (including phenoxy) is 1. The number of aromatic nitrogens is 1. The number of fused-ring (bicyclic) bond motifs is 2. The van der Waals surface area contributed by atoms with Gasteiger partial charge in [0.1, 0.15) is 5.75 Å². The summed E-state index contributed by atoms with van der Waals surface area (Å²) in [5, 5.41) is 11.4. The van der Waals surface area contributed by atoms with Crippen molar-refractivity contribution in [3.8, 4) is 17.0 Å². The number of nitrogens with zero attached hydrogens (tertiary/aromatic N) is 1. The SMILES string of the molecule is C=C/C=C\C1=CC2NC(=O)C1CC2(C)C(=O)Nc1nc(-c2cccc(C(=O)Nc3ccc(OC)c(Cl)c3)c2)cs1. The topological polar surface area (TPSA) is 109 Å². The summed E-state index contributed by atoms with van der Waals surface area (Å²) in [5.41, 5.74) is 2.42. The molecule has 2 aliphatic heterocycles. The standard InChI is InChI=1S/C30H27ClN4O4S/c1-4-5-7-17-13-25-30(2,15-21(17)27(37)34-25)28(38)35-29-33-23(16-40-29)18-8-6-9-19(12-18)26(36)32-20-10-11-24(39-3)22(31)14-20/h4-14,16,21,25H,1,15H2,2-3H3,(H,32,36)(H,34,37)(H,33,35,38)/b7-5-. The predicted molar refractivity (Wildman–Crippen MR) is 158 cm³/mol. The van der Waals surface area contributed by atoms with Gasteiger partial charge < -0.3 is 20.7 Å². The van der Waals surface area contributed by atoms with Gasteiger partial charge in [0, 0.05) is 22.2 Å². The molecule has 3 aliphatic rings. The highest BCUT2D eigenvalue weighted by atomic mass is 35.5. The third-order valence-electron chi connectivity index (χ3n) is 7.19. The molecule has 6 rings (SSSR count). The highest BCUT2D eigenvalue weighted by molar-refractivity contribution is 7.14. The van der Waals surface area contributed by atoms with Gasteiger partial charge in [-0.15, -0.1) is 11.3 Å². The van der Waals surface area contributed by atoms with Gasteiger partial charge in [-0.05, 0) is 49.2 Å². The minimum atomic E-state index is -0.821. The number of hydrogen-bond donors (Lipinski definition) is 3. The third kappa shape index (κ3) is 5.30. The molecule has 3 heterocycles. The molecule has 0 radical (unpaired) electrons. The molecule has 3 aromatic rings. The van der Waals surface area contributed by atoms with Crippen LogP contribution >= 0.6 is 22.9 Å². The number of amides is 3. The maximum atomic E-state index is 13.4. The van der Waals surface area contributed by atoms with E-state index in [0.29, 0.717) is 39.3 Å². The molecule has 2 aromatic carbocycles. The van der Waals surface area contributed by atoms with Gasteiger partial charge in [-0.1, -0.05) is 54.6 Å². The van der Waals surface area contributed by atoms with E-state index in [9.17, 15) is 14.4 Å². The molecule has 3 atom stereocenters. The van der Waals surface area contributed by atoms with Gasteiger partial charge in [0.05, 0.1) is 35.2 Å². The lowest BCUT2D eigenvalue weighted by atomic mass is 9.64. The quantitative estimate of drug-likeness (QED) is 0.292. The summed E-state index contributed by atoms with van der Waals surface area (Å²) in [4.78, 5) is 43.4.